The average Bonchev–Trinajstić information content (AvgIpc) is 2.29. The van der Waals surface area contributed by atoms with E-state index < -0.39 is 0 Å². The van der Waals surface area contributed by atoms with Crippen LogP contribution in [0.2, 0.25) is 0 Å². The van der Waals surface area contributed by atoms with Crippen LogP contribution < -0.4 is 0 Å². The van der Waals surface area contributed by atoms with Gasteiger partial charge in [-0.1, -0.05) is 55.0 Å². The normalized spacial score (nSPS) is 31.0. The molecule has 82 valence electrons. The molecule has 0 aromatic heterocycles. The lowest BCUT2D eigenvalue weighted by Crippen LogP contribution is -2.23. The Bertz CT molecular complexity index is 465. The SMILES string of the molecule is Cc1ccc2c(c1)C1C=CCC(C)C1C=C2. The summed E-state index contributed by atoms with van der Waals surface area (Å²) < 4.78 is 0. The minimum absolute atomic E-state index is 0.614. The van der Waals surface area contributed by atoms with E-state index in [2.05, 4.69) is 56.4 Å². The lowest BCUT2D eigenvalue weighted by molar-refractivity contribution is 0.380. The van der Waals surface area contributed by atoms with Crippen LogP contribution in [0.25, 0.3) is 6.08 Å². The third-order valence-electron chi connectivity index (χ3n) is 4.02. The van der Waals surface area contributed by atoms with Gasteiger partial charge in [-0.05, 0) is 36.3 Å². The monoisotopic (exact) mass is 210 g/mol. The summed E-state index contributed by atoms with van der Waals surface area (Å²) in [7, 11) is 0. The molecule has 2 aliphatic carbocycles. The molecule has 0 N–H and O–H groups in total. The van der Waals surface area contributed by atoms with E-state index >= 15 is 0 Å². The topological polar surface area (TPSA) is 0 Å². The highest BCUT2D eigenvalue weighted by molar-refractivity contribution is 5.60. The Morgan fingerprint density at radius 1 is 1.19 bits per heavy atom. The summed E-state index contributed by atoms with van der Waals surface area (Å²) in [5.41, 5.74) is 4.31. The lowest BCUT2D eigenvalue weighted by Gasteiger charge is -2.34. The zero-order valence-corrected chi connectivity index (χ0v) is 9.98. The fraction of sp³-hybridized carbons (Fsp3) is 0.375. The summed E-state index contributed by atoms with van der Waals surface area (Å²) in [5, 5.41) is 0. The first-order valence-corrected chi connectivity index (χ1v) is 6.21. The first-order valence-electron chi connectivity index (χ1n) is 6.21. The molecule has 0 amide bonds. The van der Waals surface area contributed by atoms with Gasteiger partial charge in [0.05, 0.1) is 0 Å². The Kier molecular flexibility index (Phi) is 2.24. The average molecular weight is 210 g/mol. The molecule has 0 heterocycles. The molecule has 1 aromatic carbocycles. The Labute approximate surface area is 97.7 Å². The molecule has 16 heavy (non-hydrogen) atoms. The number of hydrogen-bond acceptors (Lipinski definition) is 0. The third kappa shape index (κ3) is 1.44. The number of benzene rings is 1. The van der Waals surface area contributed by atoms with Crippen molar-refractivity contribution in [3.05, 3.63) is 53.1 Å². The summed E-state index contributed by atoms with van der Waals surface area (Å²) in [4.78, 5) is 0. The van der Waals surface area contributed by atoms with Crippen molar-refractivity contribution in [3.63, 3.8) is 0 Å². The predicted octanol–water partition coefficient (Wildman–Crippen LogP) is 4.32. The number of fused-ring (bicyclic) bond motifs is 3. The first-order chi connectivity index (χ1) is 7.75. The summed E-state index contributed by atoms with van der Waals surface area (Å²) in [5.74, 6) is 2.10. The summed E-state index contributed by atoms with van der Waals surface area (Å²) in [6, 6.07) is 6.82. The van der Waals surface area contributed by atoms with E-state index in [1.54, 1.807) is 0 Å². The molecule has 3 atom stereocenters. The van der Waals surface area contributed by atoms with Crippen LogP contribution in [0.4, 0.5) is 0 Å². The van der Waals surface area contributed by atoms with Crippen LogP contribution in [-0.4, -0.2) is 0 Å². The molecular formula is C16H18. The first kappa shape index (κ1) is 9.89. The van der Waals surface area contributed by atoms with Crippen LogP contribution in [0.5, 0.6) is 0 Å². The summed E-state index contributed by atoms with van der Waals surface area (Å²) in [6.07, 6.45) is 10.7. The van der Waals surface area contributed by atoms with Gasteiger partial charge in [0.2, 0.25) is 0 Å². The molecule has 0 nitrogen and oxygen atoms in total. The van der Waals surface area contributed by atoms with Crippen molar-refractivity contribution in [1.82, 2.24) is 0 Å². The van der Waals surface area contributed by atoms with Crippen LogP contribution in [0.1, 0.15) is 36.0 Å². The van der Waals surface area contributed by atoms with E-state index in [-0.39, 0.29) is 0 Å². The van der Waals surface area contributed by atoms with Crippen LogP contribution in [0, 0.1) is 18.8 Å². The Morgan fingerprint density at radius 3 is 2.94 bits per heavy atom. The Morgan fingerprint density at radius 2 is 2.06 bits per heavy atom. The fourth-order valence-electron chi connectivity index (χ4n) is 3.05. The van der Waals surface area contributed by atoms with Crippen molar-refractivity contribution in [3.8, 4) is 0 Å². The number of aryl methyl sites for hydroxylation is 1. The van der Waals surface area contributed by atoms with Gasteiger partial charge in [-0.3, -0.25) is 0 Å². The highest BCUT2D eigenvalue weighted by atomic mass is 14.3. The van der Waals surface area contributed by atoms with Crippen molar-refractivity contribution in [2.45, 2.75) is 26.2 Å². The number of allylic oxidation sites excluding steroid dienone is 3. The maximum Gasteiger partial charge on any atom is 0.00896 e. The van der Waals surface area contributed by atoms with Gasteiger partial charge in [0, 0.05) is 5.92 Å². The van der Waals surface area contributed by atoms with Crippen molar-refractivity contribution in [2.75, 3.05) is 0 Å². The molecule has 0 saturated carbocycles. The molecule has 2 aliphatic rings. The van der Waals surface area contributed by atoms with E-state index in [0.717, 1.165) is 5.92 Å². The van der Waals surface area contributed by atoms with E-state index in [1.807, 2.05) is 0 Å². The minimum atomic E-state index is 0.614. The van der Waals surface area contributed by atoms with E-state index in [0.29, 0.717) is 11.8 Å². The number of rotatable bonds is 0. The minimum Gasteiger partial charge on any atom is -0.0876 e. The second-order valence-electron chi connectivity index (χ2n) is 5.24. The predicted molar refractivity (Wildman–Crippen MR) is 69.4 cm³/mol. The van der Waals surface area contributed by atoms with Crippen molar-refractivity contribution >= 4 is 6.08 Å². The second kappa shape index (κ2) is 3.62. The maximum absolute atomic E-state index is 2.41. The third-order valence-corrected chi connectivity index (χ3v) is 4.02. The molecular weight excluding hydrogens is 192 g/mol. The second-order valence-corrected chi connectivity index (χ2v) is 5.24. The summed E-state index contributed by atoms with van der Waals surface area (Å²) in [6.45, 7) is 4.55. The molecule has 3 rings (SSSR count). The molecule has 0 saturated heterocycles. The molecule has 0 fully saturated rings. The smallest absolute Gasteiger partial charge is 0.00896 e. The maximum atomic E-state index is 2.41. The lowest BCUT2D eigenvalue weighted by atomic mass is 9.70. The Balaban J connectivity index is 2.12. The van der Waals surface area contributed by atoms with E-state index in [1.165, 1.54) is 23.1 Å². The Hall–Kier alpha value is -1.30. The van der Waals surface area contributed by atoms with Crippen LogP contribution in [0.15, 0.2) is 36.4 Å². The summed E-state index contributed by atoms with van der Waals surface area (Å²) >= 11 is 0. The van der Waals surface area contributed by atoms with E-state index in [4.69, 9.17) is 0 Å². The van der Waals surface area contributed by atoms with Crippen molar-refractivity contribution < 1.29 is 0 Å². The van der Waals surface area contributed by atoms with Crippen molar-refractivity contribution in [2.24, 2.45) is 11.8 Å². The van der Waals surface area contributed by atoms with Gasteiger partial charge in [-0.2, -0.15) is 0 Å². The van der Waals surface area contributed by atoms with Gasteiger partial charge in [0.15, 0.2) is 0 Å². The standard InChI is InChI=1S/C16H18/c1-11-6-7-13-8-9-14-12(2)4-3-5-15(14)16(13)10-11/h3,5-10,12,14-15H,4H2,1-2H3. The van der Waals surface area contributed by atoms with Gasteiger partial charge >= 0.3 is 0 Å². The van der Waals surface area contributed by atoms with Gasteiger partial charge in [-0.25, -0.2) is 0 Å². The van der Waals surface area contributed by atoms with Gasteiger partial charge in [-0.15, -0.1) is 0 Å². The molecule has 0 spiro atoms. The van der Waals surface area contributed by atoms with Crippen LogP contribution in [0.3, 0.4) is 0 Å². The molecule has 0 heteroatoms. The van der Waals surface area contributed by atoms with Crippen molar-refractivity contribution in [1.29, 1.82) is 0 Å². The van der Waals surface area contributed by atoms with Crippen LogP contribution >= 0.6 is 0 Å². The van der Waals surface area contributed by atoms with Crippen LogP contribution in [-0.2, 0) is 0 Å². The highest BCUT2D eigenvalue weighted by Gasteiger charge is 2.30. The largest absolute Gasteiger partial charge is 0.0876 e. The van der Waals surface area contributed by atoms with E-state index in [9.17, 15) is 0 Å². The quantitative estimate of drug-likeness (QED) is 0.559. The molecule has 0 aliphatic heterocycles. The molecule has 3 unspecified atom stereocenters. The number of hydrogen-bond donors (Lipinski definition) is 0. The fourth-order valence-corrected chi connectivity index (χ4v) is 3.05. The van der Waals surface area contributed by atoms with Gasteiger partial charge < -0.3 is 0 Å². The van der Waals surface area contributed by atoms with Gasteiger partial charge in [0.25, 0.3) is 0 Å². The zero-order valence-electron chi connectivity index (χ0n) is 9.98. The van der Waals surface area contributed by atoms with Gasteiger partial charge in [0.1, 0.15) is 0 Å². The molecule has 1 aromatic rings. The molecule has 0 radical (unpaired) electrons. The highest BCUT2D eigenvalue weighted by Crippen LogP contribution is 2.42. The molecule has 0 bridgehead atoms. The zero-order chi connectivity index (χ0) is 11.1.